The molecule has 2 unspecified atom stereocenters. The number of fused-ring (bicyclic) bond motifs is 5. The van der Waals surface area contributed by atoms with Gasteiger partial charge in [-0.3, -0.25) is 9.59 Å². The van der Waals surface area contributed by atoms with E-state index in [4.69, 9.17) is 10.00 Å². The number of nitriles is 1. The molecule has 8 nitrogen and oxygen atoms in total. The van der Waals surface area contributed by atoms with Gasteiger partial charge in [0.15, 0.2) is 0 Å². The molecule has 3 aliphatic heterocycles. The summed E-state index contributed by atoms with van der Waals surface area (Å²) in [7, 11) is 0. The Balaban J connectivity index is 1.44. The molecule has 186 valence electrons. The highest BCUT2D eigenvalue weighted by Crippen LogP contribution is 2.61. The molecule has 3 aliphatic rings. The summed E-state index contributed by atoms with van der Waals surface area (Å²) >= 11 is 0. The highest BCUT2D eigenvalue weighted by molar-refractivity contribution is 6.23. The van der Waals surface area contributed by atoms with E-state index in [9.17, 15) is 27.6 Å². The Morgan fingerprint density at radius 1 is 1.11 bits per heavy atom. The van der Waals surface area contributed by atoms with Crippen LogP contribution in [0.4, 0.5) is 29.3 Å². The molecule has 3 saturated heterocycles. The number of halogens is 3. The van der Waals surface area contributed by atoms with Gasteiger partial charge in [0.1, 0.15) is 0 Å². The van der Waals surface area contributed by atoms with Gasteiger partial charge < -0.3 is 15.4 Å². The van der Waals surface area contributed by atoms with Gasteiger partial charge in [0.2, 0.25) is 11.8 Å². The quantitative estimate of drug-likeness (QED) is 0.625. The average Bonchev–Trinajstić information content (AvgIpc) is 3.33. The lowest BCUT2D eigenvalue weighted by Crippen LogP contribution is -2.57. The van der Waals surface area contributed by atoms with Gasteiger partial charge in [0.25, 0.3) is 0 Å². The summed E-state index contributed by atoms with van der Waals surface area (Å²) in [6, 6.07) is 11.8. The van der Waals surface area contributed by atoms with Crippen molar-refractivity contribution >= 4 is 29.2 Å². The number of rotatable bonds is 3. The molecule has 3 fully saturated rings. The number of imide groups is 1. The summed E-state index contributed by atoms with van der Waals surface area (Å²) in [5.74, 6) is -3.30. The molecule has 0 spiro atoms. The molecule has 2 N–H and O–H groups in total. The molecule has 0 saturated carbocycles. The highest BCUT2D eigenvalue weighted by Gasteiger charge is 2.76. The van der Waals surface area contributed by atoms with E-state index >= 15 is 0 Å². The van der Waals surface area contributed by atoms with Crippen LogP contribution in [0, 0.1) is 23.2 Å². The number of hydrogen-bond acceptors (Lipinski definition) is 5. The monoisotopic (exact) mass is 498 g/mol. The number of urea groups is 1. The predicted octanol–water partition coefficient (Wildman–Crippen LogP) is 3.82. The molecule has 4 amide bonds. The molecule has 2 aromatic carbocycles. The van der Waals surface area contributed by atoms with Crippen LogP contribution in [-0.4, -0.2) is 35.1 Å². The Labute approximate surface area is 204 Å². The zero-order valence-corrected chi connectivity index (χ0v) is 19.2. The number of ether oxygens (including phenoxy) is 1. The molecule has 0 aromatic heterocycles. The highest BCUT2D eigenvalue weighted by atomic mass is 19.4. The maximum absolute atomic E-state index is 13.5. The molecule has 2 aromatic rings. The van der Waals surface area contributed by atoms with Crippen LogP contribution in [0.15, 0.2) is 48.5 Å². The molecule has 0 radical (unpaired) electrons. The van der Waals surface area contributed by atoms with Crippen LogP contribution in [0.25, 0.3) is 0 Å². The van der Waals surface area contributed by atoms with Crippen LogP contribution < -0.4 is 15.5 Å². The fourth-order valence-electron chi connectivity index (χ4n) is 5.85. The minimum absolute atomic E-state index is 0.237. The van der Waals surface area contributed by atoms with Gasteiger partial charge in [-0.1, -0.05) is 18.2 Å². The number of hydrogen-bond donors (Lipinski definition) is 2. The van der Waals surface area contributed by atoms with Crippen LogP contribution in [0.3, 0.4) is 0 Å². The molecule has 2 bridgehead atoms. The van der Waals surface area contributed by atoms with E-state index < -0.39 is 64.2 Å². The van der Waals surface area contributed by atoms with Gasteiger partial charge in [-0.15, -0.1) is 0 Å². The Morgan fingerprint density at radius 2 is 1.78 bits per heavy atom. The van der Waals surface area contributed by atoms with Gasteiger partial charge in [0.05, 0.1) is 52.0 Å². The second-order valence-corrected chi connectivity index (χ2v) is 9.63. The zero-order chi connectivity index (χ0) is 26.0. The maximum atomic E-state index is 13.5. The summed E-state index contributed by atoms with van der Waals surface area (Å²) < 4.78 is 46.7. The number of benzene rings is 2. The first-order valence-electron chi connectivity index (χ1n) is 11.2. The number of carbonyl (C=O) groups is 3. The first-order valence-corrected chi connectivity index (χ1v) is 11.2. The van der Waals surface area contributed by atoms with E-state index in [0.717, 1.165) is 17.0 Å². The van der Waals surface area contributed by atoms with Crippen LogP contribution >= 0.6 is 0 Å². The minimum Gasteiger partial charge on any atom is -0.365 e. The van der Waals surface area contributed by atoms with E-state index in [-0.39, 0.29) is 12.1 Å². The molecule has 5 atom stereocenters. The third-order valence-corrected chi connectivity index (χ3v) is 7.36. The first kappa shape index (κ1) is 23.8. The molecule has 36 heavy (non-hydrogen) atoms. The number of para-hydroxylation sites is 1. The summed E-state index contributed by atoms with van der Waals surface area (Å²) in [5.41, 5.74) is -3.90. The van der Waals surface area contributed by atoms with Crippen molar-refractivity contribution in [3.8, 4) is 6.07 Å². The Hall–Kier alpha value is -3.91. The van der Waals surface area contributed by atoms with E-state index in [1.165, 1.54) is 6.07 Å². The van der Waals surface area contributed by atoms with Crippen molar-refractivity contribution in [3.63, 3.8) is 0 Å². The van der Waals surface area contributed by atoms with Gasteiger partial charge in [-0.25, -0.2) is 9.69 Å². The smallest absolute Gasteiger partial charge is 0.365 e. The summed E-state index contributed by atoms with van der Waals surface area (Å²) in [6.07, 6.45) is -4.61. The third kappa shape index (κ3) is 3.44. The first-order chi connectivity index (χ1) is 16.9. The van der Waals surface area contributed by atoms with Gasteiger partial charge >= 0.3 is 12.2 Å². The van der Waals surface area contributed by atoms with Crippen molar-refractivity contribution in [2.24, 2.45) is 11.8 Å². The Kier molecular flexibility index (Phi) is 5.16. The third-order valence-electron chi connectivity index (χ3n) is 7.36. The van der Waals surface area contributed by atoms with Crippen molar-refractivity contribution in [2.75, 3.05) is 10.2 Å². The lowest BCUT2D eigenvalue weighted by Gasteiger charge is -2.35. The predicted molar refractivity (Wildman–Crippen MR) is 121 cm³/mol. The molecule has 11 heteroatoms. The second kappa shape index (κ2) is 7.80. The lowest BCUT2D eigenvalue weighted by atomic mass is 9.66. The molecule has 0 aliphatic carbocycles. The zero-order valence-electron chi connectivity index (χ0n) is 19.2. The fourth-order valence-corrected chi connectivity index (χ4v) is 5.85. The van der Waals surface area contributed by atoms with E-state index in [1.54, 1.807) is 44.2 Å². The Bertz CT molecular complexity index is 1320. The topological polar surface area (TPSA) is 112 Å². The fraction of sp³-hybridized carbons (Fsp3) is 0.360. The largest absolute Gasteiger partial charge is 0.417 e. The van der Waals surface area contributed by atoms with Crippen molar-refractivity contribution in [3.05, 3.63) is 59.7 Å². The van der Waals surface area contributed by atoms with Crippen LogP contribution in [0.2, 0.25) is 0 Å². The summed E-state index contributed by atoms with van der Waals surface area (Å²) in [4.78, 5) is 40.3. The number of amides is 4. The maximum Gasteiger partial charge on any atom is 0.417 e. The number of carbonyl (C=O) groups excluding carboxylic acids is 3. The molecule has 5 rings (SSSR count). The number of nitrogens with zero attached hydrogens (tertiary/aromatic N) is 2. The van der Waals surface area contributed by atoms with Crippen molar-refractivity contribution in [1.82, 2.24) is 5.32 Å². The summed E-state index contributed by atoms with van der Waals surface area (Å²) in [5, 5.41) is 14.6. The number of anilines is 2. The minimum atomic E-state index is -4.84. The number of nitrogens with one attached hydrogen (secondary N) is 2. The van der Waals surface area contributed by atoms with Crippen LogP contribution in [-0.2, 0) is 20.5 Å². The lowest BCUT2D eigenvalue weighted by molar-refractivity contribution is -0.138. The van der Waals surface area contributed by atoms with E-state index in [1.807, 2.05) is 0 Å². The van der Waals surface area contributed by atoms with Gasteiger partial charge in [-0.2, -0.15) is 18.4 Å². The van der Waals surface area contributed by atoms with Gasteiger partial charge in [-0.05, 0) is 44.2 Å². The SMILES string of the molecule is CC12C[C@H](NC(=O)Nc3ccccc3)C(C)(O1)[C@@H]1C(=O)N(c3ccc(C#N)c(C(F)(F)F)c3)C(=O)[C@@H]12. The molecular weight excluding hydrogens is 477 g/mol. The summed E-state index contributed by atoms with van der Waals surface area (Å²) in [6.45, 7) is 3.30. The van der Waals surface area contributed by atoms with E-state index in [2.05, 4.69) is 10.6 Å². The van der Waals surface area contributed by atoms with Gasteiger partial charge in [0, 0.05) is 12.1 Å². The van der Waals surface area contributed by atoms with Crippen molar-refractivity contribution < 1.29 is 32.3 Å². The van der Waals surface area contributed by atoms with Crippen molar-refractivity contribution in [1.29, 1.82) is 5.26 Å². The Morgan fingerprint density at radius 3 is 2.42 bits per heavy atom. The number of alkyl halides is 3. The standard InChI is InChI=1S/C25H21F3N4O4/c1-23-11-17(31-22(35)30-14-6-4-3-5-7-14)24(2,36-23)19-18(23)20(33)32(21(19)34)15-9-8-13(12-29)16(10-15)25(26,27)28/h3-10,17-19H,11H2,1-2H3,(H2,30,31,35)/t17-,18+,19-,23?,24?/m0/s1. The second-order valence-electron chi connectivity index (χ2n) is 9.63. The van der Waals surface area contributed by atoms with Crippen molar-refractivity contribution in [2.45, 2.75) is 43.7 Å². The van der Waals surface area contributed by atoms with E-state index in [0.29, 0.717) is 11.8 Å². The van der Waals surface area contributed by atoms with Crippen LogP contribution in [0.1, 0.15) is 31.4 Å². The van der Waals surface area contributed by atoms with Crippen LogP contribution in [0.5, 0.6) is 0 Å². The molecular formula is C25H21F3N4O4. The molecule has 3 heterocycles. The normalized spacial score (nSPS) is 30.8. The average molecular weight is 498 g/mol.